The third-order valence-corrected chi connectivity index (χ3v) is 2.73. The Labute approximate surface area is 116 Å². The number of nitrogens with zero attached hydrogens (tertiary/aromatic N) is 1. The second-order valence-corrected chi connectivity index (χ2v) is 5.17. The molecule has 0 aliphatic carbocycles. The molecule has 4 nitrogen and oxygen atoms in total. The van der Waals surface area contributed by atoms with E-state index in [2.05, 4.69) is 31.1 Å². The zero-order chi connectivity index (χ0) is 14.9. The van der Waals surface area contributed by atoms with Gasteiger partial charge < -0.3 is 10.1 Å². The Kier molecular flexibility index (Phi) is 7.80. The summed E-state index contributed by atoms with van der Waals surface area (Å²) in [6.45, 7) is 12.4. The van der Waals surface area contributed by atoms with Crippen LogP contribution < -0.4 is 5.32 Å². The molecule has 108 valence electrons. The number of hydrogen-bond acceptors (Lipinski definition) is 3. The van der Waals surface area contributed by atoms with Crippen molar-refractivity contribution in [1.29, 1.82) is 0 Å². The van der Waals surface area contributed by atoms with Crippen LogP contribution in [-0.2, 0) is 11.3 Å². The molecule has 0 aliphatic rings. The predicted octanol–water partition coefficient (Wildman–Crippen LogP) is 3.77. The summed E-state index contributed by atoms with van der Waals surface area (Å²) in [6, 6.07) is 3.74. The summed E-state index contributed by atoms with van der Waals surface area (Å²) in [4.78, 5) is 15.5. The number of ether oxygens (including phenoxy) is 1. The lowest BCUT2D eigenvalue weighted by atomic mass is 9.88. The molecule has 4 heteroatoms. The Morgan fingerprint density at radius 1 is 1.42 bits per heavy atom. The Morgan fingerprint density at radius 2 is 2.05 bits per heavy atom. The standard InChI is InChI=1S/C13H20N2O2.C2H6/c1-10(13(2,3)4)15-12(16)17-9-11-6-5-7-14-8-11;1-2/h5-8,10H,9H2,1-4H3,(H,15,16);1-2H3. The van der Waals surface area contributed by atoms with E-state index < -0.39 is 6.09 Å². The molecule has 0 aromatic carbocycles. The van der Waals surface area contributed by atoms with Gasteiger partial charge in [0.05, 0.1) is 0 Å². The summed E-state index contributed by atoms with van der Waals surface area (Å²) in [7, 11) is 0. The largest absolute Gasteiger partial charge is 0.445 e. The van der Waals surface area contributed by atoms with Gasteiger partial charge in [-0.3, -0.25) is 4.98 Å². The van der Waals surface area contributed by atoms with Gasteiger partial charge in [0.25, 0.3) is 0 Å². The number of rotatable bonds is 3. The lowest BCUT2D eigenvalue weighted by molar-refractivity contribution is 0.128. The monoisotopic (exact) mass is 266 g/mol. The van der Waals surface area contributed by atoms with Crippen LogP contribution in [0.2, 0.25) is 0 Å². The summed E-state index contributed by atoms with van der Waals surface area (Å²) in [5.41, 5.74) is 0.902. The highest BCUT2D eigenvalue weighted by atomic mass is 16.5. The Bertz CT molecular complexity index is 358. The molecular formula is C15H26N2O2. The first-order chi connectivity index (χ1) is 8.89. The van der Waals surface area contributed by atoms with Gasteiger partial charge in [0.15, 0.2) is 0 Å². The van der Waals surface area contributed by atoms with Crippen molar-refractivity contribution in [3.05, 3.63) is 30.1 Å². The van der Waals surface area contributed by atoms with Crippen LogP contribution in [0.3, 0.4) is 0 Å². The predicted molar refractivity (Wildman–Crippen MR) is 77.8 cm³/mol. The van der Waals surface area contributed by atoms with Gasteiger partial charge in [0.2, 0.25) is 0 Å². The van der Waals surface area contributed by atoms with E-state index in [1.165, 1.54) is 0 Å². The SMILES string of the molecule is CC.CC(NC(=O)OCc1cccnc1)C(C)(C)C. The number of nitrogens with one attached hydrogen (secondary N) is 1. The summed E-state index contributed by atoms with van der Waals surface area (Å²) >= 11 is 0. The van der Waals surface area contributed by atoms with E-state index in [1.807, 2.05) is 32.9 Å². The highest BCUT2D eigenvalue weighted by Gasteiger charge is 2.22. The van der Waals surface area contributed by atoms with E-state index in [-0.39, 0.29) is 18.1 Å². The first kappa shape index (κ1) is 17.4. The van der Waals surface area contributed by atoms with Crippen molar-refractivity contribution >= 4 is 6.09 Å². The minimum Gasteiger partial charge on any atom is -0.445 e. The van der Waals surface area contributed by atoms with E-state index in [0.717, 1.165) is 5.56 Å². The molecule has 1 unspecified atom stereocenters. The van der Waals surface area contributed by atoms with E-state index in [9.17, 15) is 4.79 Å². The van der Waals surface area contributed by atoms with Gasteiger partial charge in [-0.2, -0.15) is 0 Å². The second kappa shape index (κ2) is 8.51. The molecule has 0 aliphatic heterocycles. The average Bonchev–Trinajstić information content (AvgIpc) is 2.39. The molecule has 1 aromatic heterocycles. The van der Waals surface area contributed by atoms with Crippen LogP contribution in [-0.4, -0.2) is 17.1 Å². The lowest BCUT2D eigenvalue weighted by Gasteiger charge is -2.27. The third kappa shape index (κ3) is 7.44. The van der Waals surface area contributed by atoms with Crippen LogP contribution in [0.1, 0.15) is 47.1 Å². The molecule has 1 heterocycles. The Balaban J connectivity index is 0.00000154. The van der Waals surface area contributed by atoms with Gasteiger partial charge in [-0.1, -0.05) is 40.7 Å². The molecule has 0 spiro atoms. The lowest BCUT2D eigenvalue weighted by Crippen LogP contribution is -2.41. The molecule has 1 rings (SSSR count). The summed E-state index contributed by atoms with van der Waals surface area (Å²) in [5, 5.41) is 2.81. The molecule has 0 saturated heterocycles. The molecule has 0 radical (unpaired) electrons. The van der Waals surface area contributed by atoms with Crippen LogP contribution in [0.15, 0.2) is 24.5 Å². The van der Waals surface area contributed by atoms with Crippen molar-refractivity contribution in [2.24, 2.45) is 5.41 Å². The number of alkyl carbamates (subject to hydrolysis) is 1. The van der Waals surface area contributed by atoms with Crippen molar-refractivity contribution in [1.82, 2.24) is 10.3 Å². The fourth-order valence-electron chi connectivity index (χ4n) is 1.07. The zero-order valence-electron chi connectivity index (χ0n) is 12.9. The number of aromatic nitrogens is 1. The zero-order valence-corrected chi connectivity index (χ0v) is 12.9. The number of amides is 1. The van der Waals surface area contributed by atoms with Crippen LogP contribution in [0.5, 0.6) is 0 Å². The van der Waals surface area contributed by atoms with Gasteiger partial charge in [-0.15, -0.1) is 0 Å². The molecule has 0 bridgehead atoms. The average molecular weight is 266 g/mol. The van der Waals surface area contributed by atoms with E-state index >= 15 is 0 Å². The smallest absolute Gasteiger partial charge is 0.407 e. The maximum atomic E-state index is 11.5. The quantitative estimate of drug-likeness (QED) is 0.906. The fourth-order valence-corrected chi connectivity index (χ4v) is 1.07. The van der Waals surface area contributed by atoms with Crippen LogP contribution in [0.4, 0.5) is 4.79 Å². The maximum Gasteiger partial charge on any atom is 0.407 e. The van der Waals surface area contributed by atoms with Crippen LogP contribution in [0, 0.1) is 5.41 Å². The summed E-state index contributed by atoms with van der Waals surface area (Å²) < 4.78 is 5.10. The minimum absolute atomic E-state index is 0.0212. The number of pyridine rings is 1. The molecule has 19 heavy (non-hydrogen) atoms. The molecule has 1 amide bonds. The van der Waals surface area contributed by atoms with Crippen LogP contribution >= 0.6 is 0 Å². The number of hydrogen-bond donors (Lipinski definition) is 1. The first-order valence-electron chi connectivity index (χ1n) is 6.72. The normalized spacial score (nSPS) is 11.9. The highest BCUT2D eigenvalue weighted by molar-refractivity contribution is 5.67. The molecule has 0 fully saturated rings. The van der Waals surface area contributed by atoms with Crippen molar-refractivity contribution in [2.45, 2.75) is 54.2 Å². The van der Waals surface area contributed by atoms with Gasteiger partial charge >= 0.3 is 6.09 Å². The fraction of sp³-hybridized carbons (Fsp3) is 0.600. The number of carbonyl (C=O) groups is 1. The minimum atomic E-state index is -0.392. The highest BCUT2D eigenvalue weighted by Crippen LogP contribution is 2.18. The van der Waals surface area contributed by atoms with Gasteiger partial charge in [0.1, 0.15) is 6.61 Å². The maximum absolute atomic E-state index is 11.5. The summed E-state index contributed by atoms with van der Waals surface area (Å²) in [5.74, 6) is 0. The van der Waals surface area contributed by atoms with Crippen molar-refractivity contribution in [3.63, 3.8) is 0 Å². The molecular weight excluding hydrogens is 240 g/mol. The first-order valence-corrected chi connectivity index (χ1v) is 6.72. The summed E-state index contributed by atoms with van der Waals surface area (Å²) in [6.07, 6.45) is 2.97. The van der Waals surface area contributed by atoms with Crippen LogP contribution in [0.25, 0.3) is 0 Å². The van der Waals surface area contributed by atoms with Crippen molar-refractivity contribution in [3.8, 4) is 0 Å². The van der Waals surface area contributed by atoms with Gasteiger partial charge in [-0.25, -0.2) is 4.79 Å². The van der Waals surface area contributed by atoms with E-state index in [1.54, 1.807) is 12.4 Å². The topological polar surface area (TPSA) is 51.2 Å². The Hall–Kier alpha value is -1.58. The number of carbonyl (C=O) groups excluding carboxylic acids is 1. The molecule has 0 saturated carbocycles. The molecule has 1 aromatic rings. The van der Waals surface area contributed by atoms with Gasteiger partial charge in [0, 0.05) is 24.0 Å². The Morgan fingerprint density at radius 3 is 2.53 bits per heavy atom. The molecule has 1 N–H and O–H groups in total. The molecule has 1 atom stereocenters. The van der Waals surface area contributed by atoms with Gasteiger partial charge in [-0.05, 0) is 18.4 Å². The van der Waals surface area contributed by atoms with E-state index in [4.69, 9.17) is 4.74 Å². The second-order valence-electron chi connectivity index (χ2n) is 5.17. The third-order valence-electron chi connectivity index (χ3n) is 2.73. The van der Waals surface area contributed by atoms with Crippen molar-refractivity contribution in [2.75, 3.05) is 0 Å². The van der Waals surface area contributed by atoms with Crippen molar-refractivity contribution < 1.29 is 9.53 Å². The van der Waals surface area contributed by atoms with E-state index in [0.29, 0.717) is 0 Å².